The third-order valence-corrected chi connectivity index (χ3v) is 6.62. The van der Waals surface area contributed by atoms with Crippen LogP contribution in [0.5, 0.6) is 0 Å². The molecular weight excluding hydrogens is 326 g/mol. The van der Waals surface area contributed by atoms with Gasteiger partial charge >= 0.3 is 0 Å². The summed E-state index contributed by atoms with van der Waals surface area (Å²) in [5, 5.41) is 8.94. The summed E-state index contributed by atoms with van der Waals surface area (Å²) >= 11 is 0. The van der Waals surface area contributed by atoms with Gasteiger partial charge in [0.25, 0.3) is 0 Å². The van der Waals surface area contributed by atoms with Gasteiger partial charge < -0.3 is 0 Å². The Morgan fingerprint density at radius 3 is 2.00 bits per heavy atom. The van der Waals surface area contributed by atoms with Gasteiger partial charge in [0, 0.05) is 0 Å². The van der Waals surface area contributed by atoms with Crippen LogP contribution in [0.1, 0.15) is 82.3 Å². The number of nitriles is 1. The number of rotatable bonds is 7. The van der Waals surface area contributed by atoms with E-state index in [2.05, 4.69) is 44.2 Å². The number of hydrogen-bond acceptors (Lipinski definition) is 1. The number of nitrogens with zero attached hydrogens (tertiary/aromatic N) is 1. The lowest BCUT2D eigenvalue weighted by atomic mass is 9.72. The van der Waals surface area contributed by atoms with Crippen molar-refractivity contribution < 1.29 is 0 Å². The molecular formula is C26H33N. The molecule has 0 saturated heterocycles. The molecule has 0 aromatic heterocycles. The fourth-order valence-corrected chi connectivity index (χ4v) is 4.85. The lowest BCUT2D eigenvalue weighted by Crippen LogP contribution is -2.21. The summed E-state index contributed by atoms with van der Waals surface area (Å²) in [7, 11) is 0. The summed E-state index contributed by atoms with van der Waals surface area (Å²) in [5.41, 5.74) is 4.65. The van der Waals surface area contributed by atoms with Crippen LogP contribution in [-0.2, 0) is 0 Å². The van der Waals surface area contributed by atoms with Crippen LogP contribution in [0.2, 0.25) is 0 Å². The Morgan fingerprint density at radius 1 is 0.889 bits per heavy atom. The average molecular weight is 360 g/mol. The molecule has 0 bridgehead atoms. The molecule has 1 aliphatic carbocycles. The minimum absolute atomic E-state index is 0.719. The van der Waals surface area contributed by atoms with Gasteiger partial charge in [0.05, 0.1) is 11.6 Å². The minimum Gasteiger partial charge on any atom is -0.192 e. The third kappa shape index (κ3) is 5.01. The summed E-state index contributed by atoms with van der Waals surface area (Å²) < 4.78 is 0. The maximum absolute atomic E-state index is 8.94. The van der Waals surface area contributed by atoms with Gasteiger partial charge in [-0.1, -0.05) is 75.9 Å². The summed E-state index contributed by atoms with van der Waals surface area (Å²) in [5.74, 6) is 2.64. The Bertz CT molecular complexity index is 727. The minimum atomic E-state index is 0.719. The molecule has 27 heavy (non-hydrogen) atoms. The van der Waals surface area contributed by atoms with Crippen molar-refractivity contribution in [1.29, 1.82) is 5.26 Å². The molecule has 0 spiro atoms. The second kappa shape index (κ2) is 9.75. The zero-order valence-corrected chi connectivity index (χ0v) is 17.0. The van der Waals surface area contributed by atoms with Crippen molar-refractivity contribution >= 4 is 0 Å². The number of unbranched alkanes of at least 4 members (excludes halogenated alkanes) is 1. The monoisotopic (exact) mass is 359 g/mol. The number of benzene rings is 2. The predicted octanol–water partition coefficient (Wildman–Crippen LogP) is 7.72. The van der Waals surface area contributed by atoms with Crippen molar-refractivity contribution in [3.63, 3.8) is 0 Å². The SMILES string of the molecule is CCCCC(CC)[C@H]1CC[C@H](c2ccc(-c3ccc(C#N)cc3)cc2)CC1. The molecule has 1 atom stereocenters. The Labute approximate surface area is 165 Å². The van der Waals surface area contributed by atoms with Gasteiger partial charge in [0.15, 0.2) is 0 Å². The maximum atomic E-state index is 8.94. The Hall–Kier alpha value is -2.07. The molecule has 2 aromatic carbocycles. The summed E-state index contributed by atoms with van der Waals surface area (Å²) in [6, 6.07) is 19.2. The van der Waals surface area contributed by atoms with Gasteiger partial charge in [-0.15, -0.1) is 0 Å². The fourth-order valence-electron chi connectivity index (χ4n) is 4.85. The Morgan fingerprint density at radius 2 is 1.48 bits per heavy atom. The second-order valence-electron chi connectivity index (χ2n) is 8.23. The van der Waals surface area contributed by atoms with E-state index in [1.807, 2.05) is 24.3 Å². The molecule has 1 aliphatic rings. The van der Waals surface area contributed by atoms with Crippen LogP contribution in [0.4, 0.5) is 0 Å². The zero-order valence-electron chi connectivity index (χ0n) is 17.0. The molecule has 142 valence electrons. The van der Waals surface area contributed by atoms with Crippen LogP contribution >= 0.6 is 0 Å². The molecule has 3 rings (SSSR count). The highest BCUT2D eigenvalue weighted by Crippen LogP contribution is 2.41. The predicted molar refractivity (Wildman–Crippen MR) is 115 cm³/mol. The van der Waals surface area contributed by atoms with Gasteiger partial charge in [-0.2, -0.15) is 5.26 Å². The van der Waals surface area contributed by atoms with Gasteiger partial charge in [0.2, 0.25) is 0 Å². The molecule has 1 nitrogen and oxygen atoms in total. The normalized spacial score (nSPS) is 20.8. The standard InChI is InChI=1S/C26H33N/c1-3-5-6-21(4-2)22-11-13-25(14-12-22)26-17-15-24(16-18-26)23-9-7-20(19-27)8-10-23/h7-10,15-18,21-22,25H,3-6,11-14H2,1-2H3/t21?,22-,25-. The molecule has 0 radical (unpaired) electrons. The lowest BCUT2D eigenvalue weighted by molar-refractivity contribution is 0.213. The van der Waals surface area contributed by atoms with E-state index in [-0.39, 0.29) is 0 Å². The van der Waals surface area contributed by atoms with E-state index in [1.165, 1.54) is 68.1 Å². The molecule has 1 saturated carbocycles. The van der Waals surface area contributed by atoms with Gasteiger partial charge in [0.1, 0.15) is 0 Å². The lowest BCUT2D eigenvalue weighted by Gasteiger charge is -2.34. The van der Waals surface area contributed by atoms with E-state index in [0.29, 0.717) is 0 Å². The van der Waals surface area contributed by atoms with Crippen molar-refractivity contribution in [2.75, 3.05) is 0 Å². The smallest absolute Gasteiger partial charge is 0.0991 e. The van der Waals surface area contributed by atoms with Crippen LogP contribution in [-0.4, -0.2) is 0 Å². The maximum Gasteiger partial charge on any atom is 0.0991 e. The largest absolute Gasteiger partial charge is 0.192 e. The molecule has 0 heterocycles. The van der Waals surface area contributed by atoms with Crippen molar-refractivity contribution in [2.24, 2.45) is 11.8 Å². The van der Waals surface area contributed by atoms with Crippen molar-refractivity contribution in [3.8, 4) is 17.2 Å². The van der Waals surface area contributed by atoms with E-state index in [9.17, 15) is 0 Å². The summed E-state index contributed by atoms with van der Waals surface area (Å²) in [4.78, 5) is 0. The van der Waals surface area contributed by atoms with Crippen LogP contribution in [0.25, 0.3) is 11.1 Å². The molecule has 1 unspecified atom stereocenters. The summed E-state index contributed by atoms with van der Waals surface area (Å²) in [6.07, 6.45) is 11.0. The first-order valence-electron chi connectivity index (χ1n) is 10.9. The Balaban J connectivity index is 1.59. The molecule has 0 N–H and O–H groups in total. The third-order valence-electron chi connectivity index (χ3n) is 6.62. The van der Waals surface area contributed by atoms with Crippen molar-refractivity contribution in [2.45, 2.75) is 71.1 Å². The highest BCUT2D eigenvalue weighted by atomic mass is 14.3. The molecule has 2 aromatic rings. The van der Waals surface area contributed by atoms with Gasteiger partial charge in [-0.25, -0.2) is 0 Å². The first kappa shape index (κ1) is 19.7. The highest BCUT2D eigenvalue weighted by molar-refractivity contribution is 5.64. The van der Waals surface area contributed by atoms with Crippen molar-refractivity contribution in [3.05, 3.63) is 59.7 Å². The molecule has 0 aliphatic heterocycles. The second-order valence-corrected chi connectivity index (χ2v) is 8.23. The van der Waals surface area contributed by atoms with Crippen LogP contribution in [0, 0.1) is 23.2 Å². The van der Waals surface area contributed by atoms with Crippen LogP contribution < -0.4 is 0 Å². The zero-order chi connectivity index (χ0) is 19.1. The molecule has 1 heteroatoms. The van der Waals surface area contributed by atoms with Gasteiger partial charge in [-0.05, 0) is 72.3 Å². The first-order valence-corrected chi connectivity index (χ1v) is 10.9. The van der Waals surface area contributed by atoms with E-state index in [4.69, 9.17) is 5.26 Å². The fraction of sp³-hybridized carbons (Fsp3) is 0.500. The van der Waals surface area contributed by atoms with Crippen molar-refractivity contribution in [1.82, 2.24) is 0 Å². The average Bonchev–Trinajstić information content (AvgIpc) is 2.75. The highest BCUT2D eigenvalue weighted by Gasteiger charge is 2.27. The first-order chi connectivity index (χ1) is 13.2. The van der Waals surface area contributed by atoms with Crippen LogP contribution in [0.3, 0.4) is 0 Å². The van der Waals surface area contributed by atoms with Crippen LogP contribution in [0.15, 0.2) is 48.5 Å². The quantitative estimate of drug-likeness (QED) is 0.496. The van der Waals surface area contributed by atoms with Gasteiger partial charge in [-0.3, -0.25) is 0 Å². The van der Waals surface area contributed by atoms with E-state index < -0.39 is 0 Å². The Kier molecular flexibility index (Phi) is 7.11. The molecule has 1 fully saturated rings. The number of hydrogen-bond donors (Lipinski definition) is 0. The van der Waals surface area contributed by atoms with E-state index in [0.717, 1.165) is 23.3 Å². The topological polar surface area (TPSA) is 23.8 Å². The molecule has 0 amide bonds. The van der Waals surface area contributed by atoms with E-state index >= 15 is 0 Å². The van der Waals surface area contributed by atoms with E-state index in [1.54, 1.807) is 0 Å². The summed E-state index contributed by atoms with van der Waals surface area (Å²) in [6.45, 7) is 4.69.